The van der Waals surface area contributed by atoms with E-state index in [0.717, 1.165) is 35.7 Å². The lowest BCUT2D eigenvalue weighted by Gasteiger charge is -2.25. The maximum atomic E-state index is 13.2. The van der Waals surface area contributed by atoms with Crippen molar-refractivity contribution in [2.24, 2.45) is 5.10 Å². The minimum absolute atomic E-state index is 0.0392. The number of amides is 1. The van der Waals surface area contributed by atoms with Crippen molar-refractivity contribution in [3.05, 3.63) is 64.7 Å². The van der Waals surface area contributed by atoms with E-state index in [9.17, 15) is 4.79 Å². The molecule has 1 aliphatic rings. The van der Waals surface area contributed by atoms with Crippen molar-refractivity contribution in [3.8, 4) is 5.75 Å². The number of ether oxygens (including phenoxy) is 1. The van der Waals surface area contributed by atoms with Gasteiger partial charge >= 0.3 is 0 Å². The number of aryl methyl sites for hydroxylation is 2. The molecule has 0 fully saturated rings. The molecule has 2 aromatic rings. The summed E-state index contributed by atoms with van der Waals surface area (Å²) in [6, 6.07) is 14.3. The third-order valence-electron chi connectivity index (χ3n) is 5.69. The standard InChI is InChI=1S/C25H33N3O2/c1-6-27(7-2)17-25(29)28-24(20-10-12-21(13-11-20)30-8-3)16-23(26-28)22-14-9-18(4)15-19(22)5/h9-15,24H,6-8,16-17H2,1-5H3/t24-/m1/s1. The molecule has 160 valence electrons. The Morgan fingerprint density at radius 2 is 1.80 bits per heavy atom. The van der Waals surface area contributed by atoms with Crippen LogP contribution in [0.3, 0.4) is 0 Å². The second-order valence-corrected chi connectivity index (χ2v) is 7.79. The van der Waals surface area contributed by atoms with Crippen LogP contribution in [0.1, 0.15) is 55.5 Å². The predicted octanol–water partition coefficient (Wildman–Crippen LogP) is 4.72. The first kappa shape index (κ1) is 22.0. The number of hydrazone groups is 1. The molecule has 1 heterocycles. The molecule has 0 unspecified atom stereocenters. The molecule has 1 amide bonds. The van der Waals surface area contributed by atoms with Gasteiger partial charge in [0.25, 0.3) is 5.91 Å². The molecular weight excluding hydrogens is 374 g/mol. The lowest BCUT2D eigenvalue weighted by atomic mass is 9.95. The van der Waals surface area contributed by atoms with E-state index in [1.807, 2.05) is 31.2 Å². The molecule has 1 atom stereocenters. The van der Waals surface area contributed by atoms with E-state index in [4.69, 9.17) is 9.84 Å². The Hall–Kier alpha value is -2.66. The first-order valence-electron chi connectivity index (χ1n) is 10.9. The van der Waals surface area contributed by atoms with Crippen LogP contribution in [-0.4, -0.2) is 47.8 Å². The van der Waals surface area contributed by atoms with Crippen LogP contribution in [0.5, 0.6) is 5.75 Å². The number of likely N-dealkylation sites (N-methyl/N-ethyl adjacent to an activating group) is 1. The van der Waals surface area contributed by atoms with Gasteiger partial charge in [-0.25, -0.2) is 5.01 Å². The van der Waals surface area contributed by atoms with Crippen LogP contribution in [0.25, 0.3) is 0 Å². The Bertz CT molecular complexity index is 901. The Labute approximate surface area is 180 Å². The van der Waals surface area contributed by atoms with Crippen molar-refractivity contribution in [2.75, 3.05) is 26.2 Å². The molecule has 5 nitrogen and oxygen atoms in total. The summed E-state index contributed by atoms with van der Waals surface area (Å²) in [7, 11) is 0. The molecule has 0 bridgehead atoms. The van der Waals surface area contributed by atoms with Crippen LogP contribution >= 0.6 is 0 Å². The van der Waals surface area contributed by atoms with E-state index in [1.54, 1.807) is 5.01 Å². The summed E-state index contributed by atoms with van der Waals surface area (Å²) in [5, 5.41) is 6.53. The van der Waals surface area contributed by atoms with Gasteiger partial charge in [0.1, 0.15) is 5.75 Å². The van der Waals surface area contributed by atoms with Crippen LogP contribution in [0, 0.1) is 13.8 Å². The zero-order valence-corrected chi connectivity index (χ0v) is 18.8. The van der Waals surface area contributed by atoms with Crippen molar-refractivity contribution in [2.45, 2.75) is 47.1 Å². The summed E-state index contributed by atoms with van der Waals surface area (Å²) in [6.45, 7) is 13.0. The van der Waals surface area contributed by atoms with Gasteiger partial charge in [0.2, 0.25) is 0 Å². The SMILES string of the molecule is CCOc1ccc([C@H]2CC(c3ccc(C)cc3C)=NN2C(=O)CN(CC)CC)cc1. The average Bonchev–Trinajstić information content (AvgIpc) is 3.18. The monoisotopic (exact) mass is 407 g/mol. The summed E-state index contributed by atoms with van der Waals surface area (Å²) >= 11 is 0. The fraction of sp³-hybridized carbons (Fsp3) is 0.440. The Balaban J connectivity index is 1.92. The summed E-state index contributed by atoms with van der Waals surface area (Å²) < 4.78 is 5.58. The number of hydrogen-bond donors (Lipinski definition) is 0. The van der Waals surface area contributed by atoms with E-state index in [1.165, 1.54) is 11.1 Å². The highest BCUT2D eigenvalue weighted by molar-refractivity contribution is 6.04. The van der Waals surface area contributed by atoms with Crippen LogP contribution in [-0.2, 0) is 4.79 Å². The fourth-order valence-electron chi connectivity index (χ4n) is 3.96. The zero-order chi connectivity index (χ0) is 21.7. The number of benzene rings is 2. The molecule has 0 saturated carbocycles. The maximum Gasteiger partial charge on any atom is 0.257 e. The second kappa shape index (κ2) is 9.90. The van der Waals surface area contributed by atoms with Gasteiger partial charge in [-0.15, -0.1) is 0 Å². The Kier molecular flexibility index (Phi) is 7.27. The predicted molar refractivity (Wildman–Crippen MR) is 122 cm³/mol. The summed E-state index contributed by atoms with van der Waals surface area (Å²) in [5.41, 5.74) is 5.59. The number of hydrogen-bond acceptors (Lipinski definition) is 4. The van der Waals surface area contributed by atoms with Crippen molar-refractivity contribution in [1.82, 2.24) is 9.91 Å². The topological polar surface area (TPSA) is 45.1 Å². The van der Waals surface area contributed by atoms with Gasteiger partial charge in [-0.05, 0) is 57.1 Å². The largest absolute Gasteiger partial charge is 0.494 e. The zero-order valence-electron chi connectivity index (χ0n) is 18.8. The van der Waals surface area contributed by atoms with Gasteiger partial charge in [-0.2, -0.15) is 5.10 Å². The number of carbonyl (C=O) groups is 1. The molecule has 2 aromatic carbocycles. The smallest absolute Gasteiger partial charge is 0.257 e. The molecule has 0 radical (unpaired) electrons. The van der Waals surface area contributed by atoms with Gasteiger partial charge in [0.15, 0.2) is 0 Å². The van der Waals surface area contributed by atoms with E-state index in [2.05, 4.69) is 50.8 Å². The first-order valence-corrected chi connectivity index (χ1v) is 10.9. The molecule has 0 spiro atoms. The highest BCUT2D eigenvalue weighted by Crippen LogP contribution is 2.34. The van der Waals surface area contributed by atoms with Gasteiger partial charge in [-0.1, -0.05) is 49.7 Å². The molecule has 0 saturated heterocycles. The van der Waals surface area contributed by atoms with Crippen molar-refractivity contribution in [1.29, 1.82) is 0 Å². The van der Waals surface area contributed by atoms with Gasteiger partial charge in [-0.3, -0.25) is 9.69 Å². The van der Waals surface area contributed by atoms with Crippen molar-refractivity contribution in [3.63, 3.8) is 0 Å². The van der Waals surface area contributed by atoms with Crippen LogP contribution < -0.4 is 4.74 Å². The highest BCUT2D eigenvalue weighted by atomic mass is 16.5. The first-order chi connectivity index (χ1) is 14.5. The van der Waals surface area contributed by atoms with Crippen LogP contribution in [0.15, 0.2) is 47.6 Å². The molecular formula is C25H33N3O2. The normalized spacial score (nSPS) is 16.1. The summed E-state index contributed by atoms with van der Waals surface area (Å²) in [5.74, 6) is 0.883. The Morgan fingerprint density at radius 3 is 2.40 bits per heavy atom. The number of carbonyl (C=O) groups excluding carboxylic acids is 1. The molecule has 3 rings (SSSR count). The fourth-order valence-corrected chi connectivity index (χ4v) is 3.96. The van der Waals surface area contributed by atoms with Crippen LogP contribution in [0.4, 0.5) is 0 Å². The maximum absolute atomic E-state index is 13.2. The van der Waals surface area contributed by atoms with Crippen molar-refractivity contribution < 1.29 is 9.53 Å². The minimum Gasteiger partial charge on any atom is -0.494 e. The molecule has 30 heavy (non-hydrogen) atoms. The highest BCUT2D eigenvalue weighted by Gasteiger charge is 2.33. The minimum atomic E-state index is -0.0977. The van der Waals surface area contributed by atoms with Crippen molar-refractivity contribution >= 4 is 11.6 Å². The molecule has 5 heteroatoms. The average molecular weight is 408 g/mol. The molecule has 0 aliphatic carbocycles. The van der Waals surface area contributed by atoms with E-state index in [0.29, 0.717) is 19.6 Å². The third-order valence-corrected chi connectivity index (χ3v) is 5.69. The van der Waals surface area contributed by atoms with E-state index in [-0.39, 0.29) is 11.9 Å². The quantitative estimate of drug-likeness (QED) is 0.636. The number of rotatable bonds is 8. The van der Waals surface area contributed by atoms with Gasteiger partial charge in [0, 0.05) is 12.0 Å². The van der Waals surface area contributed by atoms with Crippen LogP contribution in [0.2, 0.25) is 0 Å². The third kappa shape index (κ3) is 4.90. The molecule has 0 aromatic heterocycles. The lowest BCUT2D eigenvalue weighted by molar-refractivity contribution is -0.134. The van der Waals surface area contributed by atoms with Gasteiger partial charge < -0.3 is 4.74 Å². The lowest BCUT2D eigenvalue weighted by Crippen LogP contribution is -2.38. The molecule has 1 aliphatic heterocycles. The van der Waals surface area contributed by atoms with E-state index >= 15 is 0 Å². The van der Waals surface area contributed by atoms with E-state index < -0.39 is 0 Å². The summed E-state index contributed by atoms with van der Waals surface area (Å²) in [6.07, 6.45) is 0.710. The number of nitrogens with zero attached hydrogens (tertiary/aromatic N) is 3. The van der Waals surface area contributed by atoms with Gasteiger partial charge in [0.05, 0.1) is 24.9 Å². The molecule has 0 N–H and O–H groups in total. The Morgan fingerprint density at radius 1 is 1.10 bits per heavy atom. The second-order valence-electron chi connectivity index (χ2n) is 7.79. The summed E-state index contributed by atoms with van der Waals surface area (Å²) in [4.78, 5) is 15.3.